The van der Waals surface area contributed by atoms with Crippen molar-refractivity contribution < 1.29 is 26.4 Å². The number of piperazine rings is 1. The number of halogens is 3. The van der Waals surface area contributed by atoms with Gasteiger partial charge in [-0.15, -0.1) is 0 Å². The van der Waals surface area contributed by atoms with Crippen molar-refractivity contribution in [3.63, 3.8) is 0 Å². The SMILES string of the molecule is CS(=O)(=O)Nc1ccc(N2CCNCC2)c(-c2cnc3c(c2C(F)(F)F)CN(Cc2ccccc2)C3=O)c1. The van der Waals surface area contributed by atoms with Gasteiger partial charge in [0, 0.05) is 73.5 Å². The molecule has 200 valence electrons. The van der Waals surface area contributed by atoms with Crippen LogP contribution < -0.4 is 14.9 Å². The number of carbonyl (C=O) groups excluding carboxylic acids is 1. The number of rotatable bonds is 6. The van der Waals surface area contributed by atoms with E-state index in [9.17, 15) is 26.4 Å². The third-order valence-electron chi connectivity index (χ3n) is 6.57. The lowest BCUT2D eigenvalue weighted by molar-refractivity contribution is -0.137. The Morgan fingerprint density at radius 1 is 1.05 bits per heavy atom. The highest BCUT2D eigenvalue weighted by Crippen LogP contribution is 2.45. The van der Waals surface area contributed by atoms with Crippen LogP contribution >= 0.6 is 0 Å². The molecule has 0 radical (unpaired) electrons. The van der Waals surface area contributed by atoms with Gasteiger partial charge < -0.3 is 15.1 Å². The summed E-state index contributed by atoms with van der Waals surface area (Å²) in [5, 5.41) is 3.22. The fourth-order valence-electron chi connectivity index (χ4n) is 4.97. The predicted octanol–water partition coefficient (Wildman–Crippen LogP) is 3.70. The van der Waals surface area contributed by atoms with Crippen LogP contribution in [0.4, 0.5) is 24.5 Å². The topological polar surface area (TPSA) is 94.6 Å². The summed E-state index contributed by atoms with van der Waals surface area (Å²) in [5.41, 5.74) is 0.130. The number of anilines is 2. The second kappa shape index (κ2) is 9.91. The lowest BCUT2D eigenvalue weighted by Crippen LogP contribution is -2.43. The zero-order valence-corrected chi connectivity index (χ0v) is 21.4. The van der Waals surface area contributed by atoms with Crippen molar-refractivity contribution in [1.29, 1.82) is 0 Å². The molecule has 0 atom stereocenters. The van der Waals surface area contributed by atoms with Crippen molar-refractivity contribution in [2.75, 3.05) is 42.1 Å². The lowest BCUT2D eigenvalue weighted by Gasteiger charge is -2.32. The van der Waals surface area contributed by atoms with Gasteiger partial charge in [-0.25, -0.2) is 8.42 Å². The van der Waals surface area contributed by atoms with E-state index < -0.39 is 27.7 Å². The molecule has 12 heteroatoms. The molecule has 8 nitrogen and oxygen atoms in total. The first-order valence-corrected chi connectivity index (χ1v) is 13.9. The molecular weight excluding hydrogens is 519 g/mol. The lowest BCUT2D eigenvalue weighted by atomic mass is 9.94. The molecule has 0 bridgehead atoms. The van der Waals surface area contributed by atoms with E-state index in [1.54, 1.807) is 30.3 Å². The summed E-state index contributed by atoms with van der Waals surface area (Å²) in [6.45, 7) is 2.36. The zero-order chi connectivity index (χ0) is 27.1. The van der Waals surface area contributed by atoms with Crippen LogP contribution in [-0.4, -0.2) is 56.6 Å². The van der Waals surface area contributed by atoms with Crippen LogP contribution in [-0.2, 0) is 29.3 Å². The summed E-state index contributed by atoms with van der Waals surface area (Å²) in [7, 11) is -3.67. The molecule has 2 aliphatic heterocycles. The van der Waals surface area contributed by atoms with Gasteiger partial charge in [0.1, 0.15) is 5.69 Å². The van der Waals surface area contributed by atoms with Gasteiger partial charge in [0.25, 0.3) is 5.91 Å². The van der Waals surface area contributed by atoms with Gasteiger partial charge in [-0.3, -0.25) is 14.5 Å². The minimum Gasteiger partial charge on any atom is -0.368 e. The van der Waals surface area contributed by atoms with Gasteiger partial charge in [0.2, 0.25) is 10.0 Å². The van der Waals surface area contributed by atoms with Crippen LogP contribution in [0, 0.1) is 0 Å². The number of benzene rings is 2. The van der Waals surface area contributed by atoms with Crippen LogP contribution in [0.3, 0.4) is 0 Å². The molecule has 0 unspecified atom stereocenters. The summed E-state index contributed by atoms with van der Waals surface area (Å²) in [6.07, 6.45) is -2.73. The summed E-state index contributed by atoms with van der Waals surface area (Å²) < 4.78 is 70.3. The van der Waals surface area contributed by atoms with E-state index >= 15 is 0 Å². The molecule has 3 aromatic rings. The van der Waals surface area contributed by atoms with Crippen molar-refractivity contribution >= 4 is 27.3 Å². The highest BCUT2D eigenvalue weighted by Gasteiger charge is 2.43. The smallest absolute Gasteiger partial charge is 0.368 e. The Morgan fingerprint density at radius 3 is 2.42 bits per heavy atom. The predicted molar refractivity (Wildman–Crippen MR) is 138 cm³/mol. The zero-order valence-electron chi connectivity index (χ0n) is 20.5. The molecule has 1 saturated heterocycles. The molecule has 5 rings (SSSR count). The van der Waals surface area contributed by atoms with Crippen LogP contribution in [0.5, 0.6) is 0 Å². The molecule has 38 heavy (non-hydrogen) atoms. The largest absolute Gasteiger partial charge is 0.417 e. The number of aromatic nitrogens is 1. The summed E-state index contributed by atoms with van der Waals surface area (Å²) in [6, 6.07) is 13.6. The summed E-state index contributed by atoms with van der Waals surface area (Å²) >= 11 is 0. The Hall–Kier alpha value is -3.64. The molecule has 3 heterocycles. The number of sulfonamides is 1. The second-order valence-electron chi connectivity index (χ2n) is 9.36. The molecule has 2 aliphatic rings. The normalized spacial score (nSPS) is 16.1. The van der Waals surface area contributed by atoms with E-state index in [0.29, 0.717) is 31.9 Å². The van der Waals surface area contributed by atoms with Gasteiger partial charge in [-0.05, 0) is 23.8 Å². The summed E-state index contributed by atoms with van der Waals surface area (Å²) in [5.74, 6) is -0.560. The number of fused-ring (bicyclic) bond motifs is 1. The van der Waals surface area contributed by atoms with Crippen LogP contribution in [0.25, 0.3) is 11.1 Å². The number of nitrogens with zero attached hydrogens (tertiary/aromatic N) is 3. The highest BCUT2D eigenvalue weighted by atomic mass is 32.2. The maximum absolute atomic E-state index is 14.7. The number of hydrogen-bond acceptors (Lipinski definition) is 6. The monoisotopic (exact) mass is 545 g/mol. The Kier molecular flexibility index (Phi) is 6.78. The highest BCUT2D eigenvalue weighted by molar-refractivity contribution is 7.92. The fourth-order valence-corrected chi connectivity index (χ4v) is 5.53. The number of carbonyl (C=O) groups is 1. The van der Waals surface area contributed by atoms with Crippen molar-refractivity contribution in [2.45, 2.75) is 19.3 Å². The Balaban J connectivity index is 1.64. The molecule has 0 saturated carbocycles. The molecule has 0 spiro atoms. The van der Waals surface area contributed by atoms with Gasteiger partial charge in [0.05, 0.1) is 11.8 Å². The first-order chi connectivity index (χ1) is 18.0. The maximum Gasteiger partial charge on any atom is 0.417 e. The first kappa shape index (κ1) is 26.0. The standard InChI is InChI=1S/C26H26F3N5O3S/c1-38(36,37)32-18-7-8-22(33-11-9-30-10-12-33)19(13-18)20-14-31-24-21(23(20)26(27,28)29)16-34(25(24)35)15-17-5-3-2-4-6-17/h2-8,13-14,30,32H,9-12,15-16H2,1H3. The van der Waals surface area contributed by atoms with E-state index in [2.05, 4.69) is 15.0 Å². The van der Waals surface area contributed by atoms with Crippen molar-refractivity contribution in [2.24, 2.45) is 0 Å². The van der Waals surface area contributed by atoms with E-state index in [1.165, 1.54) is 17.0 Å². The van der Waals surface area contributed by atoms with E-state index in [0.717, 1.165) is 18.0 Å². The Labute approximate surface area is 218 Å². The molecular formula is C26H26F3N5O3S. The molecule has 1 aromatic heterocycles. The molecule has 1 amide bonds. The van der Waals surface area contributed by atoms with Crippen molar-refractivity contribution in [3.8, 4) is 11.1 Å². The number of hydrogen-bond donors (Lipinski definition) is 2. The molecule has 2 aromatic carbocycles. The number of amides is 1. The molecule has 0 aliphatic carbocycles. The van der Waals surface area contributed by atoms with Crippen LogP contribution in [0.15, 0.2) is 54.7 Å². The maximum atomic E-state index is 14.7. The molecule has 1 fully saturated rings. The number of pyridine rings is 1. The quantitative estimate of drug-likeness (QED) is 0.491. The third-order valence-corrected chi connectivity index (χ3v) is 7.17. The van der Waals surface area contributed by atoms with E-state index in [-0.39, 0.29) is 41.2 Å². The van der Waals surface area contributed by atoms with Crippen molar-refractivity contribution in [1.82, 2.24) is 15.2 Å². The van der Waals surface area contributed by atoms with Crippen LogP contribution in [0.2, 0.25) is 0 Å². The van der Waals surface area contributed by atoms with Gasteiger partial charge in [-0.1, -0.05) is 30.3 Å². The van der Waals surface area contributed by atoms with Gasteiger partial charge >= 0.3 is 6.18 Å². The van der Waals surface area contributed by atoms with Crippen molar-refractivity contribution in [3.05, 3.63) is 77.1 Å². The third kappa shape index (κ3) is 5.32. The minimum atomic E-state index is -4.79. The number of nitrogens with one attached hydrogen (secondary N) is 2. The minimum absolute atomic E-state index is 0.136. The van der Waals surface area contributed by atoms with E-state index in [1.807, 2.05) is 11.0 Å². The average molecular weight is 546 g/mol. The molecule has 2 N–H and O–H groups in total. The second-order valence-corrected chi connectivity index (χ2v) is 11.1. The van der Waals surface area contributed by atoms with Gasteiger partial charge in [0.15, 0.2) is 0 Å². The Bertz CT molecular complexity index is 1470. The average Bonchev–Trinajstić information content (AvgIpc) is 3.17. The first-order valence-electron chi connectivity index (χ1n) is 12.0. The summed E-state index contributed by atoms with van der Waals surface area (Å²) in [4.78, 5) is 20.6. The van der Waals surface area contributed by atoms with E-state index in [4.69, 9.17) is 0 Å². The number of alkyl halides is 3. The fraction of sp³-hybridized carbons (Fsp3) is 0.308. The Morgan fingerprint density at radius 2 is 1.76 bits per heavy atom. The van der Waals surface area contributed by atoms with Gasteiger partial charge in [-0.2, -0.15) is 13.2 Å². The van der Waals surface area contributed by atoms with Crippen LogP contribution in [0.1, 0.15) is 27.2 Å².